The Labute approximate surface area is 189 Å². The lowest BCUT2D eigenvalue weighted by Crippen LogP contribution is -2.27. The Morgan fingerprint density at radius 3 is 2.47 bits per heavy atom. The number of nitrogens with one attached hydrogen (secondary N) is 2. The molecule has 0 bridgehead atoms. The number of carbonyl (C=O) groups excluding carboxylic acids is 2. The van der Waals surface area contributed by atoms with Gasteiger partial charge >= 0.3 is 0 Å². The summed E-state index contributed by atoms with van der Waals surface area (Å²) in [7, 11) is 1.57. The zero-order chi connectivity index (χ0) is 22.9. The third-order valence-electron chi connectivity index (χ3n) is 5.43. The summed E-state index contributed by atoms with van der Waals surface area (Å²) in [5, 5.41) is 5.59. The van der Waals surface area contributed by atoms with Crippen LogP contribution in [0.25, 0.3) is 0 Å². The van der Waals surface area contributed by atoms with Crippen molar-refractivity contribution in [2.45, 2.75) is 38.9 Å². The van der Waals surface area contributed by atoms with Crippen LogP contribution in [0, 0.1) is 0 Å². The van der Waals surface area contributed by atoms with Crippen LogP contribution in [0.4, 0.5) is 0 Å². The van der Waals surface area contributed by atoms with Gasteiger partial charge in [-0.25, -0.2) is 0 Å². The van der Waals surface area contributed by atoms with E-state index >= 15 is 0 Å². The second-order valence-corrected chi connectivity index (χ2v) is 7.53. The second-order valence-electron chi connectivity index (χ2n) is 7.53. The molecule has 172 valence electrons. The van der Waals surface area contributed by atoms with Crippen LogP contribution in [-0.2, 0) is 9.47 Å². The van der Waals surface area contributed by atoms with Crippen molar-refractivity contribution >= 4 is 11.8 Å². The van der Waals surface area contributed by atoms with Gasteiger partial charge in [-0.2, -0.15) is 0 Å². The molecule has 1 heterocycles. The summed E-state index contributed by atoms with van der Waals surface area (Å²) in [6, 6.07) is 13.4. The lowest BCUT2D eigenvalue weighted by atomic mass is 9.90. The SMILES string of the molecule is CCOC(CCCNC(=O)c1cc(C(=O)NC)c2c(c1)[C@H](c1ccccc1)CO2)OCC. The van der Waals surface area contributed by atoms with Gasteiger partial charge in [0.15, 0.2) is 6.29 Å². The van der Waals surface area contributed by atoms with Crippen LogP contribution in [0.15, 0.2) is 42.5 Å². The highest BCUT2D eigenvalue weighted by Gasteiger charge is 2.31. The van der Waals surface area contributed by atoms with Gasteiger partial charge in [-0.1, -0.05) is 30.3 Å². The van der Waals surface area contributed by atoms with Crippen LogP contribution >= 0.6 is 0 Å². The first-order valence-corrected chi connectivity index (χ1v) is 11.2. The highest BCUT2D eigenvalue weighted by Crippen LogP contribution is 2.41. The van der Waals surface area contributed by atoms with Crippen molar-refractivity contribution in [1.29, 1.82) is 0 Å². The minimum Gasteiger partial charge on any atom is -0.491 e. The van der Waals surface area contributed by atoms with Gasteiger partial charge < -0.3 is 24.8 Å². The molecule has 1 atom stereocenters. The van der Waals surface area contributed by atoms with Crippen LogP contribution in [0.2, 0.25) is 0 Å². The molecule has 0 aromatic heterocycles. The van der Waals surface area contributed by atoms with Crippen LogP contribution in [0.1, 0.15) is 64.4 Å². The summed E-state index contributed by atoms with van der Waals surface area (Å²) < 4.78 is 17.0. The smallest absolute Gasteiger partial charge is 0.254 e. The number of rotatable bonds is 11. The molecule has 0 saturated carbocycles. The van der Waals surface area contributed by atoms with E-state index in [4.69, 9.17) is 14.2 Å². The van der Waals surface area contributed by atoms with E-state index in [1.54, 1.807) is 13.1 Å². The van der Waals surface area contributed by atoms with Crippen molar-refractivity contribution in [1.82, 2.24) is 10.6 Å². The molecule has 3 rings (SSSR count). The second kappa shape index (κ2) is 11.6. The Balaban J connectivity index is 1.75. The van der Waals surface area contributed by atoms with Gasteiger partial charge in [-0.3, -0.25) is 9.59 Å². The lowest BCUT2D eigenvalue weighted by Gasteiger charge is -2.17. The molecular weight excluding hydrogens is 408 g/mol. The molecule has 1 aliphatic heterocycles. The molecule has 2 aromatic rings. The summed E-state index contributed by atoms with van der Waals surface area (Å²) in [5.41, 5.74) is 2.76. The van der Waals surface area contributed by atoms with E-state index in [0.29, 0.717) is 49.7 Å². The van der Waals surface area contributed by atoms with Gasteiger partial charge in [0, 0.05) is 50.3 Å². The van der Waals surface area contributed by atoms with Gasteiger partial charge in [0.25, 0.3) is 11.8 Å². The Kier molecular flexibility index (Phi) is 8.64. The minimum atomic E-state index is -0.277. The van der Waals surface area contributed by atoms with E-state index in [1.165, 1.54) is 0 Å². The van der Waals surface area contributed by atoms with E-state index in [0.717, 1.165) is 17.5 Å². The predicted molar refractivity (Wildman–Crippen MR) is 122 cm³/mol. The summed E-state index contributed by atoms with van der Waals surface area (Å²) in [4.78, 5) is 25.4. The maximum absolute atomic E-state index is 12.9. The number of ether oxygens (including phenoxy) is 3. The van der Waals surface area contributed by atoms with Gasteiger partial charge in [-0.15, -0.1) is 0 Å². The Morgan fingerprint density at radius 1 is 1.09 bits per heavy atom. The number of hydrogen-bond donors (Lipinski definition) is 2. The maximum Gasteiger partial charge on any atom is 0.254 e. The van der Waals surface area contributed by atoms with Gasteiger partial charge in [0.05, 0.1) is 12.2 Å². The van der Waals surface area contributed by atoms with Crippen LogP contribution in [0.3, 0.4) is 0 Å². The van der Waals surface area contributed by atoms with E-state index in [2.05, 4.69) is 10.6 Å². The normalized spacial score (nSPS) is 14.7. The van der Waals surface area contributed by atoms with E-state index in [1.807, 2.05) is 50.2 Å². The van der Waals surface area contributed by atoms with Crippen molar-refractivity contribution in [2.75, 3.05) is 33.4 Å². The number of fused-ring (bicyclic) bond motifs is 1. The van der Waals surface area contributed by atoms with Crippen molar-refractivity contribution in [3.63, 3.8) is 0 Å². The summed E-state index contributed by atoms with van der Waals surface area (Å²) in [5.74, 6) is 0.0217. The van der Waals surface area contributed by atoms with Crippen LogP contribution < -0.4 is 15.4 Å². The van der Waals surface area contributed by atoms with Crippen molar-refractivity contribution in [3.05, 3.63) is 64.7 Å². The van der Waals surface area contributed by atoms with E-state index in [-0.39, 0.29) is 24.0 Å². The fourth-order valence-electron chi connectivity index (χ4n) is 3.88. The molecule has 7 heteroatoms. The molecule has 2 amide bonds. The number of hydrogen-bond acceptors (Lipinski definition) is 5. The number of benzene rings is 2. The predicted octanol–water partition coefficient (Wildman–Crippen LogP) is 3.48. The number of amides is 2. The van der Waals surface area contributed by atoms with Crippen LogP contribution in [0.5, 0.6) is 5.75 Å². The monoisotopic (exact) mass is 440 g/mol. The summed E-state index contributed by atoms with van der Waals surface area (Å²) in [6.07, 6.45) is 1.16. The molecular formula is C25H32N2O5. The minimum absolute atomic E-state index is 0.0273. The molecule has 0 aliphatic carbocycles. The summed E-state index contributed by atoms with van der Waals surface area (Å²) >= 11 is 0. The van der Waals surface area contributed by atoms with Crippen molar-refractivity contribution in [2.24, 2.45) is 0 Å². The Bertz CT molecular complexity index is 910. The van der Waals surface area contributed by atoms with Gasteiger partial charge in [-0.05, 0) is 38.0 Å². The fraction of sp³-hybridized carbons (Fsp3) is 0.440. The van der Waals surface area contributed by atoms with Gasteiger partial charge in [0.2, 0.25) is 0 Å². The molecule has 0 unspecified atom stereocenters. The van der Waals surface area contributed by atoms with E-state index in [9.17, 15) is 9.59 Å². The quantitative estimate of drug-likeness (QED) is 0.413. The molecule has 0 spiro atoms. The average Bonchev–Trinajstić information content (AvgIpc) is 3.25. The first kappa shape index (κ1) is 23.8. The maximum atomic E-state index is 12.9. The molecule has 1 aliphatic rings. The molecule has 32 heavy (non-hydrogen) atoms. The zero-order valence-electron chi connectivity index (χ0n) is 19.0. The third-order valence-corrected chi connectivity index (χ3v) is 5.43. The fourth-order valence-corrected chi connectivity index (χ4v) is 3.88. The zero-order valence-corrected chi connectivity index (χ0v) is 19.0. The lowest BCUT2D eigenvalue weighted by molar-refractivity contribution is -0.139. The molecule has 2 aromatic carbocycles. The Hall–Kier alpha value is -2.90. The first-order valence-electron chi connectivity index (χ1n) is 11.2. The largest absolute Gasteiger partial charge is 0.491 e. The van der Waals surface area contributed by atoms with Crippen LogP contribution in [-0.4, -0.2) is 51.5 Å². The molecule has 0 fully saturated rings. The van der Waals surface area contributed by atoms with Crippen molar-refractivity contribution in [3.8, 4) is 5.75 Å². The topological polar surface area (TPSA) is 85.9 Å². The van der Waals surface area contributed by atoms with Gasteiger partial charge in [0.1, 0.15) is 5.75 Å². The first-order chi connectivity index (χ1) is 15.6. The third kappa shape index (κ3) is 5.66. The number of carbonyl (C=O) groups is 2. The average molecular weight is 441 g/mol. The molecule has 0 saturated heterocycles. The van der Waals surface area contributed by atoms with Crippen molar-refractivity contribution < 1.29 is 23.8 Å². The highest BCUT2D eigenvalue weighted by atomic mass is 16.7. The molecule has 0 radical (unpaired) electrons. The summed E-state index contributed by atoms with van der Waals surface area (Å²) in [6.45, 7) is 5.94. The Morgan fingerprint density at radius 2 is 1.81 bits per heavy atom. The van der Waals surface area contributed by atoms with E-state index < -0.39 is 0 Å². The standard InChI is InChI=1S/C25H32N2O5/c1-4-30-22(31-5-2)12-9-13-27-24(28)18-14-19-21(17-10-7-6-8-11-17)16-32-23(19)20(15-18)25(29)26-3/h6-8,10-11,14-15,21-22H,4-5,9,12-13,16H2,1-3H3,(H,26,29)(H,27,28)/t21-/m0/s1. The molecule has 2 N–H and O–H groups in total. The molecule has 7 nitrogen and oxygen atoms in total. The highest BCUT2D eigenvalue weighted by molar-refractivity contribution is 6.02.